The monoisotopic (exact) mass is 432 g/mol. The van der Waals surface area contributed by atoms with Gasteiger partial charge >= 0.3 is 6.18 Å². The number of nitrogens with zero attached hydrogens (tertiary/aromatic N) is 2. The quantitative estimate of drug-likeness (QED) is 0.570. The van der Waals surface area contributed by atoms with Gasteiger partial charge < -0.3 is 15.2 Å². The molecule has 164 valence electrons. The minimum absolute atomic E-state index is 0.0510. The second-order valence-electron chi connectivity index (χ2n) is 7.21. The van der Waals surface area contributed by atoms with Crippen molar-refractivity contribution in [3.05, 3.63) is 59.9 Å². The van der Waals surface area contributed by atoms with E-state index in [-0.39, 0.29) is 18.1 Å². The Morgan fingerprint density at radius 2 is 1.84 bits per heavy atom. The summed E-state index contributed by atoms with van der Waals surface area (Å²) in [6.45, 7) is 3.51. The fourth-order valence-corrected chi connectivity index (χ4v) is 3.31. The minimum atomic E-state index is -4.50. The van der Waals surface area contributed by atoms with Gasteiger partial charge in [-0.15, -0.1) is 0 Å². The van der Waals surface area contributed by atoms with Crippen molar-refractivity contribution in [3.63, 3.8) is 0 Å². The van der Waals surface area contributed by atoms with Gasteiger partial charge in [-0.05, 0) is 43.7 Å². The van der Waals surface area contributed by atoms with E-state index in [1.165, 1.54) is 12.1 Å². The Hall–Kier alpha value is -3.36. The van der Waals surface area contributed by atoms with E-state index in [1.807, 2.05) is 13.0 Å². The van der Waals surface area contributed by atoms with Gasteiger partial charge in [0, 0.05) is 12.1 Å². The third kappa shape index (κ3) is 5.42. The highest BCUT2D eigenvalue weighted by Crippen LogP contribution is 2.30. The zero-order chi connectivity index (χ0) is 22.6. The van der Waals surface area contributed by atoms with Gasteiger partial charge in [-0.2, -0.15) is 13.2 Å². The van der Waals surface area contributed by atoms with Crippen LogP contribution in [0.4, 0.5) is 18.9 Å². The Labute approximate surface area is 177 Å². The number of para-hydroxylation sites is 2. The first kappa shape index (κ1) is 22.3. The average Bonchev–Trinajstić information content (AvgIpc) is 3.06. The predicted octanol–water partition coefficient (Wildman–Crippen LogP) is 4.67. The highest BCUT2D eigenvalue weighted by Gasteiger charge is 2.30. The Morgan fingerprint density at radius 1 is 1.10 bits per heavy atom. The molecule has 0 fully saturated rings. The van der Waals surface area contributed by atoms with E-state index in [0.717, 1.165) is 12.1 Å². The summed E-state index contributed by atoms with van der Waals surface area (Å²) in [5.41, 5.74) is 0.552. The van der Waals surface area contributed by atoms with Crippen LogP contribution < -0.4 is 10.6 Å². The number of benzene rings is 2. The molecule has 31 heavy (non-hydrogen) atoms. The lowest BCUT2D eigenvalue weighted by atomic mass is 10.2. The lowest BCUT2D eigenvalue weighted by Gasteiger charge is -2.16. The number of anilines is 1. The van der Waals surface area contributed by atoms with E-state index in [0.29, 0.717) is 29.7 Å². The molecule has 3 rings (SSSR count). The van der Waals surface area contributed by atoms with E-state index in [9.17, 15) is 22.8 Å². The summed E-state index contributed by atoms with van der Waals surface area (Å²) in [6, 6.07) is 11.2. The number of carbonyl (C=O) groups excluding carboxylic acids is 2. The normalized spacial score (nSPS) is 12.5. The van der Waals surface area contributed by atoms with E-state index >= 15 is 0 Å². The number of amides is 2. The second-order valence-corrected chi connectivity index (χ2v) is 7.21. The molecule has 9 heteroatoms. The van der Waals surface area contributed by atoms with Crippen LogP contribution >= 0.6 is 0 Å². The van der Waals surface area contributed by atoms with Crippen LogP contribution in [0.1, 0.15) is 44.1 Å². The smallest absolute Gasteiger partial charge is 0.346 e. The first-order valence-electron chi connectivity index (χ1n) is 9.90. The molecule has 1 aromatic heterocycles. The molecule has 0 aliphatic rings. The van der Waals surface area contributed by atoms with E-state index < -0.39 is 23.7 Å². The summed E-state index contributed by atoms with van der Waals surface area (Å²) in [5.74, 6) is -0.136. The maximum absolute atomic E-state index is 12.9. The highest BCUT2D eigenvalue weighted by atomic mass is 19.4. The van der Waals surface area contributed by atoms with Gasteiger partial charge in [-0.1, -0.05) is 25.1 Å². The number of hydrogen-bond donors (Lipinski definition) is 2. The van der Waals surface area contributed by atoms with Gasteiger partial charge in [0.25, 0.3) is 0 Å². The number of halogens is 3. The SMILES string of the molecule is CCCC(=O)NC(C)c1nc2ccccc2n1CC(=O)Nc1cccc(C(F)(F)F)c1. The molecule has 0 saturated heterocycles. The van der Waals surface area contributed by atoms with E-state index in [4.69, 9.17) is 0 Å². The Morgan fingerprint density at radius 3 is 2.55 bits per heavy atom. The first-order chi connectivity index (χ1) is 14.7. The number of hydrogen-bond acceptors (Lipinski definition) is 3. The number of fused-ring (bicyclic) bond motifs is 1. The minimum Gasteiger partial charge on any atom is -0.346 e. The van der Waals surface area contributed by atoms with Crippen molar-refractivity contribution < 1.29 is 22.8 Å². The van der Waals surface area contributed by atoms with Gasteiger partial charge in [-0.3, -0.25) is 9.59 Å². The van der Waals surface area contributed by atoms with Crippen LogP contribution in [0.25, 0.3) is 11.0 Å². The molecule has 2 amide bonds. The summed E-state index contributed by atoms with van der Waals surface area (Å²) in [4.78, 5) is 29.2. The molecule has 1 heterocycles. The zero-order valence-corrected chi connectivity index (χ0v) is 17.2. The standard InChI is InChI=1S/C22H23F3N4O2/c1-3-7-19(30)26-14(2)21-28-17-10-4-5-11-18(17)29(21)13-20(31)27-16-9-6-8-15(12-16)22(23,24)25/h4-6,8-12,14H,3,7,13H2,1-2H3,(H,26,30)(H,27,31). The summed E-state index contributed by atoms with van der Waals surface area (Å²) >= 11 is 0. The maximum Gasteiger partial charge on any atom is 0.416 e. The molecule has 3 aromatic rings. The molecule has 0 spiro atoms. The van der Waals surface area contributed by atoms with Crippen molar-refractivity contribution in [1.82, 2.24) is 14.9 Å². The molecule has 6 nitrogen and oxygen atoms in total. The van der Waals surface area contributed by atoms with Crippen molar-refractivity contribution in [2.24, 2.45) is 0 Å². The Bertz CT molecular complexity index is 1090. The summed E-state index contributed by atoms with van der Waals surface area (Å²) in [7, 11) is 0. The fourth-order valence-electron chi connectivity index (χ4n) is 3.31. The first-order valence-corrected chi connectivity index (χ1v) is 9.90. The number of aromatic nitrogens is 2. The summed E-state index contributed by atoms with van der Waals surface area (Å²) < 4.78 is 40.4. The van der Waals surface area contributed by atoms with Crippen LogP contribution in [-0.2, 0) is 22.3 Å². The molecule has 1 atom stereocenters. The maximum atomic E-state index is 12.9. The Balaban J connectivity index is 1.85. The summed E-state index contributed by atoms with van der Waals surface area (Å²) in [6.07, 6.45) is -3.42. The molecule has 0 aliphatic carbocycles. The van der Waals surface area contributed by atoms with Crippen molar-refractivity contribution in [2.75, 3.05) is 5.32 Å². The van der Waals surface area contributed by atoms with Crippen molar-refractivity contribution >= 4 is 28.5 Å². The van der Waals surface area contributed by atoms with Crippen molar-refractivity contribution in [3.8, 4) is 0 Å². The van der Waals surface area contributed by atoms with Crippen molar-refractivity contribution in [1.29, 1.82) is 0 Å². The second kappa shape index (κ2) is 9.20. The topological polar surface area (TPSA) is 76.0 Å². The number of rotatable bonds is 7. The van der Waals surface area contributed by atoms with Gasteiger partial charge in [-0.25, -0.2) is 4.98 Å². The molecule has 2 N–H and O–H groups in total. The van der Waals surface area contributed by atoms with Gasteiger partial charge in [0.05, 0.1) is 22.6 Å². The molecular formula is C22H23F3N4O2. The zero-order valence-electron chi connectivity index (χ0n) is 17.2. The third-order valence-corrected chi connectivity index (χ3v) is 4.70. The molecule has 1 unspecified atom stereocenters. The average molecular weight is 432 g/mol. The molecular weight excluding hydrogens is 409 g/mol. The molecule has 0 radical (unpaired) electrons. The van der Waals surface area contributed by atoms with Crippen LogP contribution in [0, 0.1) is 0 Å². The lowest BCUT2D eigenvalue weighted by Crippen LogP contribution is -2.29. The largest absolute Gasteiger partial charge is 0.416 e. The molecule has 0 saturated carbocycles. The molecule has 0 bridgehead atoms. The van der Waals surface area contributed by atoms with Crippen LogP contribution in [0.15, 0.2) is 48.5 Å². The predicted molar refractivity (Wildman–Crippen MR) is 111 cm³/mol. The van der Waals surface area contributed by atoms with Gasteiger partial charge in [0.2, 0.25) is 11.8 Å². The molecule has 2 aromatic carbocycles. The van der Waals surface area contributed by atoms with Gasteiger partial charge in [0.1, 0.15) is 12.4 Å². The summed E-state index contributed by atoms with van der Waals surface area (Å²) in [5, 5.41) is 5.38. The van der Waals surface area contributed by atoms with E-state index in [1.54, 1.807) is 29.7 Å². The van der Waals surface area contributed by atoms with E-state index in [2.05, 4.69) is 15.6 Å². The van der Waals surface area contributed by atoms with Gasteiger partial charge in [0.15, 0.2) is 0 Å². The third-order valence-electron chi connectivity index (χ3n) is 4.70. The fraction of sp³-hybridized carbons (Fsp3) is 0.318. The number of carbonyl (C=O) groups is 2. The van der Waals surface area contributed by atoms with Crippen LogP contribution in [0.2, 0.25) is 0 Å². The number of imidazole rings is 1. The molecule has 0 aliphatic heterocycles. The highest BCUT2D eigenvalue weighted by molar-refractivity contribution is 5.92. The van der Waals surface area contributed by atoms with Crippen LogP contribution in [0.3, 0.4) is 0 Å². The lowest BCUT2D eigenvalue weighted by molar-refractivity contribution is -0.137. The number of alkyl halides is 3. The van der Waals surface area contributed by atoms with Crippen LogP contribution in [-0.4, -0.2) is 21.4 Å². The van der Waals surface area contributed by atoms with Crippen LogP contribution in [0.5, 0.6) is 0 Å². The number of nitrogens with one attached hydrogen (secondary N) is 2. The Kier molecular flexibility index (Phi) is 6.62. The van der Waals surface area contributed by atoms with Crippen molar-refractivity contribution in [2.45, 2.75) is 45.5 Å².